The van der Waals surface area contributed by atoms with Crippen molar-refractivity contribution in [2.45, 2.75) is 36.2 Å². The zero-order valence-electron chi connectivity index (χ0n) is 13.4. The van der Waals surface area contributed by atoms with Crippen LogP contribution in [0.25, 0.3) is 0 Å². The zero-order chi connectivity index (χ0) is 16.6. The molecule has 0 aliphatic carbocycles. The molecular formula is C18H20N2O3S. The lowest BCUT2D eigenvalue weighted by Crippen LogP contribution is -2.51. The minimum atomic E-state index is -3.46. The maximum absolute atomic E-state index is 12.7. The molecule has 0 N–H and O–H groups in total. The maximum Gasteiger partial charge on any atom is 0.244 e. The third-order valence-electron chi connectivity index (χ3n) is 5.05. The highest BCUT2D eigenvalue weighted by molar-refractivity contribution is 7.89. The summed E-state index contributed by atoms with van der Waals surface area (Å²) in [6, 6.07) is 11.4. The molecule has 4 rings (SSSR count). The summed E-state index contributed by atoms with van der Waals surface area (Å²) in [7, 11) is -3.46. The van der Waals surface area contributed by atoms with Crippen LogP contribution < -0.4 is 4.74 Å². The number of pyridine rings is 1. The predicted molar refractivity (Wildman–Crippen MR) is 90.4 cm³/mol. The molecule has 0 radical (unpaired) electrons. The van der Waals surface area contributed by atoms with E-state index in [0.717, 1.165) is 31.4 Å². The number of hydrogen-bond acceptors (Lipinski definition) is 4. The van der Waals surface area contributed by atoms with Crippen LogP contribution in [0, 0.1) is 0 Å². The minimum absolute atomic E-state index is 0.227. The standard InChI is InChI=1S/C18H20N2O3S/c21-24(22,16-5-3-11-19-14-16)20-12-9-18(10-13-20)8-7-15-4-1-2-6-17(15)23-18/h1-6,11,14H,7-10,12-13H2. The van der Waals surface area contributed by atoms with Crippen molar-refractivity contribution in [1.82, 2.24) is 9.29 Å². The predicted octanol–water partition coefficient (Wildman–Crippen LogP) is 2.63. The molecule has 1 saturated heterocycles. The first-order valence-electron chi connectivity index (χ1n) is 8.26. The molecule has 1 aromatic heterocycles. The number of aryl methyl sites for hydroxylation is 1. The maximum atomic E-state index is 12.7. The summed E-state index contributed by atoms with van der Waals surface area (Å²) in [6.45, 7) is 0.971. The molecule has 0 bridgehead atoms. The van der Waals surface area contributed by atoms with Gasteiger partial charge in [-0.3, -0.25) is 4.98 Å². The number of para-hydroxylation sites is 1. The molecule has 1 fully saturated rings. The summed E-state index contributed by atoms with van der Waals surface area (Å²) in [5.74, 6) is 0.951. The molecule has 1 aromatic carbocycles. The van der Waals surface area contributed by atoms with E-state index in [-0.39, 0.29) is 10.5 Å². The summed E-state index contributed by atoms with van der Waals surface area (Å²) >= 11 is 0. The summed E-state index contributed by atoms with van der Waals surface area (Å²) < 4.78 is 33.3. The molecule has 24 heavy (non-hydrogen) atoms. The Morgan fingerprint density at radius 2 is 1.83 bits per heavy atom. The molecule has 1 spiro atoms. The lowest BCUT2D eigenvalue weighted by atomic mass is 9.84. The highest BCUT2D eigenvalue weighted by Crippen LogP contribution is 2.39. The molecule has 2 aromatic rings. The van der Waals surface area contributed by atoms with Crippen molar-refractivity contribution >= 4 is 10.0 Å². The summed E-state index contributed by atoms with van der Waals surface area (Å²) in [5.41, 5.74) is 1.02. The molecule has 5 nitrogen and oxygen atoms in total. The van der Waals surface area contributed by atoms with Gasteiger partial charge in [-0.25, -0.2) is 8.42 Å². The van der Waals surface area contributed by atoms with Crippen molar-refractivity contribution in [3.8, 4) is 5.75 Å². The first-order chi connectivity index (χ1) is 11.6. The summed E-state index contributed by atoms with van der Waals surface area (Å²) in [4.78, 5) is 4.18. The van der Waals surface area contributed by atoms with Crippen LogP contribution in [0.2, 0.25) is 0 Å². The highest BCUT2D eigenvalue weighted by Gasteiger charge is 2.42. The number of benzene rings is 1. The number of piperidine rings is 1. The average Bonchev–Trinajstić information content (AvgIpc) is 2.63. The van der Waals surface area contributed by atoms with Gasteiger partial charge in [0.25, 0.3) is 0 Å². The number of nitrogens with zero attached hydrogens (tertiary/aromatic N) is 2. The molecule has 3 heterocycles. The van der Waals surface area contributed by atoms with Gasteiger partial charge in [0.05, 0.1) is 0 Å². The van der Waals surface area contributed by atoms with E-state index in [4.69, 9.17) is 4.74 Å². The Kier molecular flexibility index (Phi) is 3.81. The van der Waals surface area contributed by atoms with Gasteiger partial charge in [-0.15, -0.1) is 0 Å². The summed E-state index contributed by atoms with van der Waals surface area (Å²) in [5, 5.41) is 0. The SMILES string of the molecule is O=S(=O)(c1cccnc1)N1CCC2(CCc3ccccc3O2)CC1. The van der Waals surface area contributed by atoms with Crippen LogP contribution in [0.3, 0.4) is 0 Å². The van der Waals surface area contributed by atoms with E-state index in [0.29, 0.717) is 13.1 Å². The van der Waals surface area contributed by atoms with Crippen molar-refractivity contribution in [3.05, 3.63) is 54.4 Å². The van der Waals surface area contributed by atoms with E-state index in [9.17, 15) is 8.42 Å². The Morgan fingerprint density at radius 1 is 1.04 bits per heavy atom. The number of aromatic nitrogens is 1. The molecule has 0 saturated carbocycles. The van der Waals surface area contributed by atoms with E-state index in [1.165, 1.54) is 11.8 Å². The third kappa shape index (κ3) is 2.70. The topological polar surface area (TPSA) is 59.5 Å². The molecule has 0 amide bonds. The Morgan fingerprint density at radius 3 is 2.58 bits per heavy atom. The van der Waals surface area contributed by atoms with Gasteiger partial charge in [0.15, 0.2) is 0 Å². The number of fused-ring (bicyclic) bond motifs is 1. The van der Waals surface area contributed by atoms with Crippen molar-refractivity contribution in [2.24, 2.45) is 0 Å². The first kappa shape index (κ1) is 15.6. The lowest BCUT2D eigenvalue weighted by molar-refractivity contribution is 0.00181. The molecule has 6 heteroatoms. The lowest BCUT2D eigenvalue weighted by Gasteiger charge is -2.44. The van der Waals surface area contributed by atoms with Crippen LogP contribution in [-0.4, -0.2) is 36.4 Å². The van der Waals surface area contributed by atoms with Crippen LogP contribution in [-0.2, 0) is 16.4 Å². The quantitative estimate of drug-likeness (QED) is 0.840. The molecule has 0 atom stereocenters. The minimum Gasteiger partial charge on any atom is -0.487 e. The fourth-order valence-electron chi connectivity index (χ4n) is 3.59. The average molecular weight is 344 g/mol. The van der Waals surface area contributed by atoms with Crippen LogP contribution in [0.4, 0.5) is 0 Å². The van der Waals surface area contributed by atoms with Crippen molar-refractivity contribution in [1.29, 1.82) is 0 Å². The number of sulfonamides is 1. The number of rotatable bonds is 2. The second-order valence-electron chi connectivity index (χ2n) is 6.49. The van der Waals surface area contributed by atoms with Gasteiger partial charge in [0.2, 0.25) is 10.0 Å². The zero-order valence-corrected chi connectivity index (χ0v) is 14.2. The second-order valence-corrected chi connectivity index (χ2v) is 8.42. The van der Waals surface area contributed by atoms with Gasteiger partial charge < -0.3 is 4.74 Å². The van der Waals surface area contributed by atoms with Gasteiger partial charge in [0.1, 0.15) is 16.2 Å². The van der Waals surface area contributed by atoms with Crippen LogP contribution in [0.15, 0.2) is 53.7 Å². The fourth-order valence-corrected chi connectivity index (χ4v) is 5.00. The number of ether oxygens (including phenoxy) is 1. The number of hydrogen-bond donors (Lipinski definition) is 0. The third-order valence-corrected chi connectivity index (χ3v) is 6.94. The second kappa shape index (κ2) is 5.86. The van der Waals surface area contributed by atoms with E-state index >= 15 is 0 Å². The Balaban J connectivity index is 1.50. The Labute approximate surface area is 142 Å². The highest BCUT2D eigenvalue weighted by atomic mass is 32.2. The van der Waals surface area contributed by atoms with Gasteiger partial charge in [-0.2, -0.15) is 4.31 Å². The monoisotopic (exact) mass is 344 g/mol. The van der Waals surface area contributed by atoms with Crippen LogP contribution in [0.1, 0.15) is 24.8 Å². The first-order valence-corrected chi connectivity index (χ1v) is 9.70. The van der Waals surface area contributed by atoms with E-state index in [1.807, 2.05) is 18.2 Å². The van der Waals surface area contributed by atoms with Crippen molar-refractivity contribution in [2.75, 3.05) is 13.1 Å². The Bertz CT molecular complexity index is 828. The molecular weight excluding hydrogens is 324 g/mol. The van der Waals surface area contributed by atoms with E-state index < -0.39 is 10.0 Å². The molecule has 2 aliphatic rings. The molecule has 2 aliphatic heterocycles. The smallest absolute Gasteiger partial charge is 0.244 e. The van der Waals surface area contributed by atoms with Crippen molar-refractivity contribution in [3.63, 3.8) is 0 Å². The van der Waals surface area contributed by atoms with Gasteiger partial charge in [-0.1, -0.05) is 18.2 Å². The molecule has 0 unspecified atom stereocenters. The summed E-state index contributed by atoms with van der Waals surface area (Å²) in [6.07, 6.45) is 6.38. The van der Waals surface area contributed by atoms with Crippen molar-refractivity contribution < 1.29 is 13.2 Å². The van der Waals surface area contributed by atoms with Gasteiger partial charge in [0, 0.05) is 38.3 Å². The normalized spacial score (nSPS) is 20.3. The fraction of sp³-hybridized carbons (Fsp3) is 0.389. The van der Waals surface area contributed by atoms with E-state index in [1.54, 1.807) is 22.6 Å². The van der Waals surface area contributed by atoms with Crippen LogP contribution in [0.5, 0.6) is 5.75 Å². The molecule has 126 valence electrons. The van der Waals surface area contributed by atoms with Gasteiger partial charge in [-0.05, 0) is 36.6 Å². The van der Waals surface area contributed by atoms with E-state index in [2.05, 4.69) is 11.1 Å². The van der Waals surface area contributed by atoms with Gasteiger partial charge >= 0.3 is 0 Å². The van der Waals surface area contributed by atoms with Crippen LogP contribution >= 0.6 is 0 Å². The Hall–Kier alpha value is -1.92. The largest absolute Gasteiger partial charge is 0.487 e.